The minimum Gasteiger partial charge on any atom is -0.308 e. The largest absolute Gasteiger partial charge is 0.308 e. The van der Waals surface area contributed by atoms with E-state index < -0.39 is 0 Å². The number of halogens is 1. The molecule has 3 nitrogen and oxygen atoms in total. The molecule has 17 heavy (non-hydrogen) atoms. The molecule has 0 saturated heterocycles. The predicted molar refractivity (Wildman–Crippen MR) is 69.0 cm³/mol. The zero-order valence-corrected chi connectivity index (χ0v) is 9.84. The van der Waals surface area contributed by atoms with Crippen LogP contribution in [0.2, 0.25) is 5.15 Å². The van der Waals surface area contributed by atoms with Gasteiger partial charge >= 0.3 is 0 Å². The molecule has 0 aliphatic carbocycles. The summed E-state index contributed by atoms with van der Waals surface area (Å²) in [5.74, 6) is 0. The lowest BCUT2D eigenvalue weighted by molar-refractivity contribution is 0.768. The SMILES string of the molecule is O=c1c(Cl)nccn1C/C=C/c1ccccc1. The molecule has 1 heterocycles. The van der Waals surface area contributed by atoms with E-state index in [1.165, 1.54) is 10.8 Å². The average Bonchev–Trinajstić information content (AvgIpc) is 2.36. The highest BCUT2D eigenvalue weighted by Gasteiger charge is 1.98. The fourth-order valence-corrected chi connectivity index (χ4v) is 1.60. The van der Waals surface area contributed by atoms with Gasteiger partial charge in [-0.25, -0.2) is 4.98 Å². The van der Waals surface area contributed by atoms with Crippen LogP contribution in [-0.2, 0) is 6.54 Å². The molecule has 2 rings (SSSR count). The summed E-state index contributed by atoms with van der Waals surface area (Å²) in [6, 6.07) is 9.90. The number of aromatic nitrogens is 2. The summed E-state index contributed by atoms with van der Waals surface area (Å²) in [7, 11) is 0. The van der Waals surface area contributed by atoms with Crippen LogP contribution in [0.25, 0.3) is 6.08 Å². The molecule has 0 amide bonds. The van der Waals surface area contributed by atoms with Crippen molar-refractivity contribution in [1.82, 2.24) is 9.55 Å². The minimum atomic E-state index is -0.271. The zero-order chi connectivity index (χ0) is 12.1. The lowest BCUT2D eigenvalue weighted by Gasteiger charge is -2.00. The summed E-state index contributed by atoms with van der Waals surface area (Å²) >= 11 is 5.64. The molecule has 0 bridgehead atoms. The first-order valence-electron chi connectivity index (χ1n) is 5.20. The third-order valence-electron chi connectivity index (χ3n) is 2.28. The highest BCUT2D eigenvalue weighted by Crippen LogP contribution is 2.01. The van der Waals surface area contributed by atoms with Crippen molar-refractivity contribution in [3.63, 3.8) is 0 Å². The van der Waals surface area contributed by atoms with Crippen molar-refractivity contribution in [2.24, 2.45) is 0 Å². The lowest BCUT2D eigenvalue weighted by Crippen LogP contribution is -2.19. The van der Waals surface area contributed by atoms with Gasteiger partial charge in [-0.1, -0.05) is 54.1 Å². The van der Waals surface area contributed by atoms with Crippen LogP contribution in [0.3, 0.4) is 0 Å². The van der Waals surface area contributed by atoms with Crippen LogP contribution < -0.4 is 5.56 Å². The monoisotopic (exact) mass is 246 g/mol. The molecule has 86 valence electrons. The Kier molecular flexibility index (Phi) is 3.73. The van der Waals surface area contributed by atoms with E-state index in [0.717, 1.165) is 5.56 Å². The van der Waals surface area contributed by atoms with Gasteiger partial charge in [0.2, 0.25) is 0 Å². The molecule has 0 aliphatic heterocycles. The average molecular weight is 247 g/mol. The van der Waals surface area contributed by atoms with Crippen molar-refractivity contribution in [2.75, 3.05) is 0 Å². The molecule has 4 heteroatoms. The molecular weight excluding hydrogens is 236 g/mol. The maximum atomic E-state index is 11.5. The Morgan fingerprint density at radius 1 is 1.29 bits per heavy atom. The maximum Gasteiger partial charge on any atom is 0.288 e. The number of nitrogens with zero attached hydrogens (tertiary/aromatic N) is 2. The van der Waals surface area contributed by atoms with Crippen LogP contribution in [-0.4, -0.2) is 9.55 Å². The molecule has 0 saturated carbocycles. The van der Waals surface area contributed by atoms with Gasteiger partial charge in [0.1, 0.15) is 0 Å². The standard InChI is InChI=1S/C13H11ClN2O/c14-12-13(17)16(10-8-15-12)9-4-7-11-5-2-1-3-6-11/h1-8,10H,9H2/b7-4+. The van der Waals surface area contributed by atoms with E-state index in [2.05, 4.69) is 4.98 Å². The van der Waals surface area contributed by atoms with Crippen molar-refractivity contribution in [3.05, 3.63) is 69.9 Å². The summed E-state index contributed by atoms with van der Waals surface area (Å²) in [5.41, 5.74) is 0.826. The summed E-state index contributed by atoms with van der Waals surface area (Å²) in [5, 5.41) is 0.000566. The second-order valence-electron chi connectivity index (χ2n) is 3.49. The van der Waals surface area contributed by atoms with Crippen LogP contribution >= 0.6 is 11.6 Å². The molecule has 2 aromatic rings. The van der Waals surface area contributed by atoms with Crippen molar-refractivity contribution in [1.29, 1.82) is 0 Å². The molecule has 0 fully saturated rings. The van der Waals surface area contributed by atoms with Gasteiger partial charge in [0, 0.05) is 18.9 Å². The van der Waals surface area contributed by atoms with Crippen molar-refractivity contribution < 1.29 is 0 Å². The van der Waals surface area contributed by atoms with Crippen LogP contribution in [0.4, 0.5) is 0 Å². The molecule has 1 aromatic carbocycles. The van der Waals surface area contributed by atoms with Gasteiger partial charge in [0.05, 0.1) is 0 Å². The van der Waals surface area contributed by atoms with Crippen LogP contribution in [0, 0.1) is 0 Å². The number of benzene rings is 1. The predicted octanol–water partition coefficient (Wildman–Crippen LogP) is 2.61. The molecule has 0 unspecified atom stereocenters. The number of allylic oxidation sites excluding steroid dienone is 1. The Hall–Kier alpha value is -1.87. The van der Waals surface area contributed by atoms with Gasteiger partial charge in [-0.15, -0.1) is 0 Å². The summed E-state index contributed by atoms with van der Waals surface area (Å²) in [6.07, 6.45) is 7.00. The van der Waals surface area contributed by atoms with Gasteiger partial charge in [-0.2, -0.15) is 0 Å². The Morgan fingerprint density at radius 2 is 2.06 bits per heavy atom. The van der Waals surface area contributed by atoms with Gasteiger partial charge in [-0.3, -0.25) is 4.79 Å². The fraction of sp³-hybridized carbons (Fsp3) is 0.0769. The zero-order valence-electron chi connectivity index (χ0n) is 9.08. The lowest BCUT2D eigenvalue weighted by atomic mass is 10.2. The van der Waals surface area contributed by atoms with Gasteiger partial charge in [0.25, 0.3) is 5.56 Å². The Bertz CT molecular complexity index is 575. The Labute approximate surface area is 104 Å². The van der Waals surface area contributed by atoms with Gasteiger partial charge in [-0.05, 0) is 5.56 Å². The summed E-state index contributed by atoms with van der Waals surface area (Å²) in [4.78, 5) is 15.3. The third-order valence-corrected chi connectivity index (χ3v) is 2.54. The van der Waals surface area contributed by atoms with E-state index >= 15 is 0 Å². The van der Waals surface area contributed by atoms with Crippen LogP contribution in [0.15, 0.2) is 53.6 Å². The first-order chi connectivity index (χ1) is 8.27. The molecule has 0 radical (unpaired) electrons. The molecular formula is C13H11ClN2O. The fourth-order valence-electron chi connectivity index (χ4n) is 1.43. The van der Waals surface area contributed by atoms with E-state index in [9.17, 15) is 4.79 Å². The Balaban J connectivity index is 2.11. The highest BCUT2D eigenvalue weighted by molar-refractivity contribution is 6.29. The number of hydrogen-bond acceptors (Lipinski definition) is 2. The van der Waals surface area contributed by atoms with Crippen molar-refractivity contribution in [3.8, 4) is 0 Å². The first kappa shape index (κ1) is 11.6. The number of hydrogen-bond donors (Lipinski definition) is 0. The number of rotatable bonds is 3. The second kappa shape index (κ2) is 5.46. The maximum absolute atomic E-state index is 11.5. The first-order valence-corrected chi connectivity index (χ1v) is 5.58. The molecule has 1 aromatic heterocycles. The molecule has 0 N–H and O–H groups in total. The van der Waals surface area contributed by atoms with E-state index in [0.29, 0.717) is 6.54 Å². The van der Waals surface area contributed by atoms with E-state index in [4.69, 9.17) is 11.6 Å². The summed E-state index contributed by atoms with van der Waals surface area (Å²) in [6.45, 7) is 0.482. The highest BCUT2D eigenvalue weighted by atomic mass is 35.5. The second-order valence-corrected chi connectivity index (χ2v) is 3.85. The molecule has 0 aliphatic rings. The van der Waals surface area contributed by atoms with Gasteiger partial charge < -0.3 is 4.57 Å². The third kappa shape index (κ3) is 3.04. The Morgan fingerprint density at radius 3 is 2.82 bits per heavy atom. The normalized spacial score (nSPS) is 10.9. The topological polar surface area (TPSA) is 34.9 Å². The van der Waals surface area contributed by atoms with Crippen molar-refractivity contribution in [2.45, 2.75) is 6.54 Å². The molecule has 0 atom stereocenters. The molecule has 0 spiro atoms. The van der Waals surface area contributed by atoms with E-state index in [1.807, 2.05) is 42.5 Å². The van der Waals surface area contributed by atoms with E-state index in [1.54, 1.807) is 6.20 Å². The van der Waals surface area contributed by atoms with Crippen molar-refractivity contribution >= 4 is 17.7 Å². The smallest absolute Gasteiger partial charge is 0.288 e. The summed E-state index contributed by atoms with van der Waals surface area (Å²) < 4.78 is 1.51. The van der Waals surface area contributed by atoms with Crippen LogP contribution in [0.1, 0.15) is 5.56 Å². The minimum absolute atomic E-state index is 0.000566. The van der Waals surface area contributed by atoms with E-state index in [-0.39, 0.29) is 10.7 Å². The quantitative estimate of drug-likeness (QED) is 0.835. The van der Waals surface area contributed by atoms with Crippen LogP contribution in [0.5, 0.6) is 0 Å². The van der Waals surface area contributed by atoms with Gasteiger partial charge in [0.15, 0.2) is 5.15 Å².